The predicted molar refractivity (Wildman–Crippen MR) is 65.4 cm³/mol. The first-order valence-corrected chi connectivity index (χ1v) is 6.16. The number of rotatable bonds is 9. The summed E-state index contributed by atoms with van der Waals surface area (Å²) in [6, 6.07) is 0. The fraction of sp³-hybridized carbons (Fsp3) is 0.667. The Kier molecular flexibility index (Phi) is 7.06. The van der Waals surface area contributed by atoms with Gasteiger partial charge in [-0.1, -0.05) is 12.8 Å². The summed E-state index contributed by atoms with van der Waals surface area (Å²) < 4.78 is 1.89. The highest BCUT2D eigenvalue weighted by atomic mass is 16.2. The summed E-state index contributed by atoms with van der Waals surface area (Å²) in [5.74, 6) is 0.0841. The lowest BCUT2D eigenvalue weighted by Gasteiger charge is -2.05. The Balaban J connectivity index is 1.94. The van der Waals surface area contributed by atoms with Crippen molar-refractivity contribution < 1.29 is 9.90 Å². The van der Waals surface area contributed by atoms with Gasteiger partial charge in [-0.25, -0.2) is 4.98 Å². The Morgan fingerprint density at radius 2 is 2.12 bits per heavy atom. The number of nitrogens with one attached hydrogen (secondary N) is 1. The average Bonchev–Trinajstić information content (AvgIpc) is 2.84. The van der Waals surface area contributed by atoms with Crippen LogP contribution in [0.1, 0.15) is 32.1 Å². The van der Waals surface area contributed by atoms with E-state index < -0.39 is 0 Å². The summed E-state index contributed by atoms with van der Waals surface area (Å²) in [5, 5.41) is 11.5. The molecule has 1 amide bonds. The number of aliphatic hydroxyl groups is 1. The van der Waals surface area contributed by atoms with Crippen LogP contribution >= 0.6 is 0 Å². The zero-order chi connectivity index (χ0) is 12.3. The van der Waals surface area contributed by atoms with Crippen molar-refractivity contribution in [2.45, 2.75) is 38.6 Å². The van der Waals surface area contributed by atoms with Crippen LogP contribution in [0.15, 0.2) is 18.7 Å². The van der Waals surface area contributed by atoms with E-state index in [0.717, 1.165) is 32.2 Å². The van der Waals surface area contributed by atoms with E-state index in [1.807, 2.05) is 10.8 Å². The molecule has 0 unspecified atom stereocenters. The molecule has 0 radical (unpaired) electrons. The summed E-state index contributed by atoms with van der Waals surface area (Å²) in [6.07, 6.45) is 9.69. The molecule has 0 aromatic carbocycles. The number of hydrogen-bond acceptors (Lipinski definition) is 3. The topological polar surface area (TPSA) is 67.2 Å². The van der Waals surface area contributed by atoms with Crippen molar-refractivity contribution in [3.8, 4) is 0 Å². The van der Waals surface area contributed by atoms with Gasteiger partial charge in [0.25, 0.3) is 0 Å². The van der Waals surface area contributed by atoms with Gasteiger partial charge in [-0.3, -0.25) is 4.79 Å². The molecule has 0 aliphatic rings. The van der Waals surface area contributed by atoms with Gasteiger partial charge < -0.3 is 15.0 Å². The largest absolute Gasteiger partial charge is 0.396 e. The number of carbonyl (C=O) groups is 1. The van der Waals surface area contributed by atoms with Gasteiger partial charge >= 0.3 is 0 Å². The smallest absolute Gasteiger partial charge is 0.221 e. The molecular weight excluding hydrogens is 218 g/mol. The second kappa shape index (κ2) is 8.75. The van der Waals surface area contributed by atoms with Crippen LogP contribution in [-0.2, 0) is 11.3 Å². The van der Waals surface area contributed by atoms with Crippen LogP contribution in [-0.4, -0.2) is 33.7 Å². The highest BCUT2D eigenvalue weighted by Crippen LogP contribution is 1.98. The summed E-state index contributed by atoms with van der Waals surface area (Å²) in [5.41, 5.74) is 0. The van der Waals surface area contributed by atoms with Gasteiger partial charge in [0.1, 0.15) is 0 Å². The number of aryl methyl sites for hydroxylation is 1. The van der Waals surface area contributed by atoms with Gasteiger partial charge in [-0.15, -0.1) is 0 Å². The lowest BCUT2D eigenvalue weighted by Crippen LogP contribution is -2.25. The molecule has 0 saturated carbocycles. The Bertz CT molecular complexity index is 299. The van der Waals surface area contributed by atoms with Crippen LogP contribution in [0.3, 0.4) is 0 Å². The molecule has 0 atom stereocenters. The molecule has 0 fully saturated rings. The number of aliphatic hydroxyl groups excluding tert-OH is 1. The third kappa shape index (κ3) is 6.73. The summed E-state index contributed by atoms with van der Waals surface area (Å²) >= 11 is 0. The quantitative estimate of drug-likeness (QED) is 0.630. The van der Waals surface area contributed by atoms with Gasteiger partial charge in [-0.05, 0) is 12.8 Å². The first-order valence-electron chi connectivity index (χ1n) is 6.16. The second-order valence-corrected chi connectivity index (χ2v) is 4.04. The van der Waals surface area contributed by atoms with Crippen molar-refractivity contribution in [3.05, 3.63) is 18.7 Å². The monoisotopic (exact) mass is 239 g/mol. The highest BCUT2D eigenvalue weighted by Gasteiger charge is 2.00. The van der Waals surface area contributed by atoms with E-state index in [4.69, 9.17) is 5.11 Å². The van der Waals surface area contributed by atoms with Gasteiger partial charge in [0.05, 0.1) is 6.33 Å². The predicted octanol–water partition coefficient (Wildman–Crippen LogP) is 0.942. The molecule has 5 nitrogen and oxygen atoms in total. The van der Waals surface area contributed by atoms with Crippen LogP contribution < -0.4 is 5.32 Å². The maximum Gasteiger partial charge on any atom is 0.221 e. The normalized spacial score (nSPS) is 10.4. The molecule has 0 spiro atoms. The van der Waals surface area contributed by atoms with Gasteiger partial charge in [0, 0.05) is 38.5 Å². The molecule has 0 aliphatic heterocycles. The lowest BCUT2D eigenvalue weighted by molar-refractivity contribution is -0.121. The molecule has 17 heavy (non-hydrogen) atoms. The van der Waals surface area contributed by atoms with Crippen molar-refractivity contribution in [2.24, 2.45) is 0 Å². The third-order valence-electron chi connectivity index (χ3n) is 2.56. The van der Waals surface area contributed by atoms with Crippen molar-refractivity contribution in [1.82, 2.24) is 14.9 Å². The fourth-order valence-corrected chi connectivity index (χ4v) is 1.56. The van der Waals surface area contributed by atoms with E-state index in [9.17, 15) is 4.79 Å². The van der Waals surface area contributed by atoms with E-state index in [1.54, 1.807) is 12.5 Å². The molecule has 2 N–H and O–H groups in total. The molecule has 96 valence electrons. The minimum absolute atomic E-state index is 0.0841. The van der Waals surface area contributed by atoms with Gasteiger partial charge in [0.15, 0.2) is 0 Å². The summed E-state index contributed by atoms with van der Waals surface area (Å²) in [7, 11) is 0. The number of amides is 1. The molecular formula is C12H21N3O2. The average molecular weight is 239 g/mol. The maximum atomic E-state index is 11.4. The van der Waals surface area contributed by atoms with Crippen molar-refractivity contribution >= 4 is 5.91 Å². The SMILES string of the molecule is O=C(CCn1ccnc1)NCCCCCCO. The van der Waals surface area contributed by atoms with E-state index in [-0.39, 0.29) is 12.5 Å². The van der Waals surface area contributed by atoms with Crippen LogP contribution in [0.25, 0.3) is 0 Å². The molecule has 1 aromatic rings. The summed E-state index contributed by atoms with van der Waals surface area (Å²) in [6.45, 7) is 1.67. The number of nitrogens with zero attached hydrogens (tertiary/aromatic N) is 2. The second-order valence-electron chi connectivity index (χ2n) is 4.04. The van der Waals surface area contributed by atoms with Gasteiger partial charge in [-0.2, -0.15) is 0 Å². The zero-order valence-corrected chi connectivity index (χ0v) is 10.1. The van der Waals surface area contributed by atoms with Crippen LogP contribution in [0.5, 0.6) is 0 Å². The van der Waals surface area contributed by atoms with E-state index in [2.05, 4.69) is 10.3 Å². The molecule has 1 rings (SSSR count). The minimum atomic E-state index is 0.0841. The lowest BCUT2D eigenvalue weighted by atomic mass is 10.2. The number of imidazole rings is 1. The Morgan fingerprint density at radius 1 is 1.29 bits per heavy atom. The number of unbranched alkanes of at least 4 members (excludes halogenated alkanes) is 3. The molecule has 0 bridgehead atoms. The van der Waals surface area contributed by atoms with Crippen LogP contribution in [0.4, 0.5) is 0 Å². The number of aromatic nitrogens is 2. The van der Waals surface area contributed by atoms with Crippen LogP contribution in [0, 0.1) is 0 Å². The van der Waals surface area contributed by atoms with E-state index in [0.29, 0.717) is 13.0 Å². The highest BCUT2D eigenvalue weighted by molar-refractivity contribution is 5.75. The van der Waals surface area contributed by atoms with Crippen molar-refractivity contribution in [2.75, 3.05) is 13.2 Å². The Hall–Kier alpha value is -1.36. The standard InChI is InChI=1S/C12H21N3O2/c16-10-4-2-1-3-6-14-12(17)5-8-15-9-7-13-11-15/h7,9,11,16H,1-6,8,10H2,(H,14,17). The molecule has 1 heterocycles. The molecule has 0 saturated heterocycles. The number of carbonyl (C=O) groups excluding carboxylic acids is 1. The van der Waals surface area contributed by atoms with Crippen molar-refractivity contribution in [3.63, 3.8) is 0 Å². The minimum Gasteiger partial charge on any atom is -0.396 e. The van der Waals surface area contributed by atoms with Crippen LogP contribution in [0.2, 0.25) is 0 Å². The van der Waals surface area contributed by atoms with E-state index in [1.165, 1.54) is 0 Å². The maximum absolute atomic E-state index is 11.4. The zero-order valence-electron chi connectivity index (χ0n) is 10.1. The van der Waals surface area contributed by atoms with Gasteiger partial charge in [0.2, 0.25) is 5.91 Å². The van der Waals surface area contributed by atoms with Crippen molar-refractivity contribution in [1.29, 1.82) is 0 Å². The molecule has 1 aromatic heterocycles. The Morgan fingerprint density at radius 3 is 2.82 bits per heavy atom. The summed E-state index contributed by atoms with van der Waals surface area (Å²) in [4.78, 5) is 15.4. The van der Waals surface area contributed by atoms with E-state index >= 15 is 0 Å². The fourth-order valence-electron chi connectivity index (χ4n) is 1.56. The Labute approximate surface area is 102 Å². The molecule has 0 aliphatic carbocycles. The first kappa shape index (κ1) is 13.7. The third-order valence-corrected chi connectivity index (χ3v) is 2.56. The first-order chi connectivity index (χ1) is 8.33. The molecule has 5 heteroatoms. The number of hydrogen-bond donors (Lipinski definition) is 2.